The van der Waals surface area contributed by atoms with E-state index in [4.69, 9.17) is 9.97 Å². The van der Waals surface area contributed by atoms with E-state index >= 15 is 0 Å². The van der Waals surface area contributed by atoms with Crippen LogP contribution >= 0.6 is 11.3 Å². The van der Waals surface area contributed by atoms with Crippen molar-refractivity contribution in [2.45, 2.75) is 0 Å². The first-order valence-corrected chi connectivity index (χ1v) is 18.1. The normalized spacial score (nSPS) is 11.5. The van der Waals surface area contributed by atoms with Gasteiger partial charge in [0.2, 0.25) is 0 Å². The van der Waals surface area contributed by atoms with Crippen LogP contribution in [-0.2, 0) is 0 Å². The smallest absolute Gasteiger partial charge is 0.160 e. The number of thiophene rings is 1. The molecule has 0 radical (unpaired) electrons. The number of fused-ring (bicyclic) bond motifs is 5. The zero-order valence-electron chi connectivity index (χ0n) is 27.6. The predicted molar refractivity (Wildman–Crippen MR) is 217 cm³/mol. The van der Waals surface area contributed by atoms with Gasteiger partial charge >= 0.3 is 0 Å². The number of hydrogen-bond donors (Lipinski definition) is 0. The molecule has 2 nitrogen and oxygen atoms in total. The lowest BCUT2D eigenvalue weighted by Crippen LogP contribution is -1.97. The maximum atomic E-state index is 5.27. The van der Waals surface area contributed by atoms with Gasteiger partial charge in [-0.1, -0.05) is 158 Å². The highest BCUT2D eigenvalue weighted by Gasteiger charge is 2.17. The lowest BCUT2D eigenvalue weighted by Gasteiger charge is -2.15. The second-order valence-electron chi connectivity index (χ2n) is 13.0. The summed E-state index contributed by atoms with van der Waals surface area (Å²) in [6.07, 6.45) is 0. The molecule has 0 fully saturated rings. The van der Waals surface area contributed by atoms with E-state index in [9.17, 15) is 0 Å². The summed E-state index contributed by atoms with van der Waals surface area (Å²) in [6.45, 7) is 0. The zero-order valence-corrected chi connectivity index (χ0v) is 28.4. The summed E-state index contributed by atoms with van der Waals surface area (Å²) in [6, 6.07) is 65.0. The molecule has 2 aromatic heterocycles. The Labute approximate surface area is 300 Å². The summed E-state index contributed by atoms with van der Waals surface area (Å²) in [4.78, 5) is 11.7. The van der Waals surface area contributed by atoms with Gasteiger partial charge in [0.1, 0.15) is 0 Å². The lowest BCUT2D eigenvalue weighted by atomic mass is 9.89. The highest BCUT2D eigenvalue weighted by Crippen LogP contribution is 2.41. The van der Waals surface area contributed by atoms with Gasteiger partial charge in [0.15, 0.2) is 5.82 Å². The highest BCUT2D eigenvalue weighted by molar-refractivity contribution is 7.22. The molecule has 238 valence electrons. The largest absolute Gasteiger partial charge is 0.228 e. The molecule has 10 aromatic rings. The van der Waals surface area contributed by atoms with Gasteiger partial charge < -0.3 is 0 Å². The third kappa shape index (κ3) is 5.18. The minimum Gasteiger partial charge on any atom is -0.228 e. The monoisotopic (exact) mass is 666 g/mol. The fourth-order valence-corrected chi connectivity index (χ4v) is 8.53. The SMILES string of the molecule is c1ccc(-c2cc(-c3ccccc3-c3cc4ccccc4s3)nc(-c3ccc(-c4c5ccccc5cc5c4ccc4ccccc45)cc3)n2)cc1. The highest BCUT2D eigenvalue weighted by atomic mass is 32.1. The summed E-state index contributed by atoms with van der Waals surface area (Å²) >= 11 is 1.82. The average Bonchev–Trinajstić information content (AvgIpc) is 3.65. The Bertz CT molecular complexity index is 2870. The average molecular weight is 667 g/mol. The molecular weight excluding hydrogens is 637 g/mol. The van der Waals surface area contributed by atoms with Crippen molar-refractivity contribution in [2.75, 3.05) is 0 Å². The van der Waals surface area contributed by atoms with E-state index in [-0.39, 0.29) is 0 Å². The molecule has 10 rings (SSSR count). The van der Waals surface area contributed by atoms with Crippen LogP contribution in [0.25, 0.3) is 97.9 Å². The second kappa shape index (κ2) is 12.2. The molecule has 0 saturated carbocycles. The van der Waals surface area contributed by atoms with Crippen molar-refractivity contribution in [2.24, 2.45) is 0 Å². The molecule has 2 heterocycles. The molecule has 0 aliphatic heterocycles. The Kier molecular flexibility index (Phi) is 7.04. The van der Waals surface area contributed by atoms with Crippen LogP contribution in [0.2, 0.25) is 0 Å². The Morgan fingerprint density at radius 1 is 0.353 bits per heavy atom. The first kappa shape index (κ1) is 29.5. The Morgan fingerprint density at radius 2 is 1.00 bits per heavy atom. The molecule has 0 unspecified atom stereocenters. The maximum absolute atomic E-state index is 5.27. The van der Waals surface area contributed by atoms with E-state index in [1.54, 1.807) is 0 Å². The first-order valence-electron chi connectivity index (χ1n) is 17.2. The van der Waals surface area contributed by atoms with Crippen LogP contribution in [0.3, 0.4) is 0 Å². The van der Waals surface area contributed by atoms with E-state index in [0.717, 1.165) is 28.1 Å². The molecule has 8 aromatic carbocycles. The van der Waals surface area contributed by atoms with Crippen LogP contribution in [0.4, 0.5) is 0 Å². The van der Waals surface area contributed by atoms with Crippen molar-refractivity contribution in [3.8, 4) is 55.5 Å². The van der Waals surface area contributed by atoms with Gasteiger partial charge in [-0.25, -0.2) is 9.97 Å². The first-order chi connectivity index (χ1) is 25.3. The summed E-state index contributed by atoms with van der Waals surface area (Å²) < 4.78 is 1.28. The van der Waals surface area contributed by atoms with E-state index in [1.165, 1.54) is 64.0 Å². The number of nitrogens with zero attached hydrogens (tertiary/aromatic N) is 2. The molecule has 0 amide bonds. The van der Waals surface area contributed by atoms with Crippen molar-refractivity contribution >= 4 is 53.7 Å². The van der Waals surface area contributed by atoms with Crippen LogP contribution in [0.15, 0.2) is 182 Å². The second-order valence-corrected chi connectivity index (χ2v) is 14.0. The number of rotatable bonds is 5. The van der Waals surface area contributed by atoms with E-state index in [0.29, 0.717) is 5.82 Å². The van der Waals surface area contributed by atoms with Crippen LogP contribution < -0.4 is 0 Å². The van der Waals surface area contributed by atoms with Crippen molar-refractivity contribution in [3.05, 3.63) is 182 Å². The van der Waals surface area contributed by atoms with Crippen molar-refractivity contribution in [3.63, 3.8) is 0 Å². The molecule has 0 bridgehead atoms. The van der Waals surface area contributed by atoms with E-state index in [1.807, 2.05) is 17.4 Å². The van der Waals surface area contributed by atoms with Crippen molar-refractivity contribution in [1.29, 1.82) is 0 Å². The molecule has 0 atom stereocenters. The molecule has 0 spiro atoms. The van der Waals surface area contributed by atoms with Gasteiger partial charge in [-0.15, -0.1) is 11.3 Å². The zero-order chi connectivity index (χ0) is 33.7. The van der Waals surface area contributed by atoms with Gasteiger partial charge in [-0.3, -0.25) is 0 Å². The van der Waals surface area contributed by atoms with Gasteiger partial charge in [0.05, 0.1) is 11.4 Å². The van der Waals surface area contributed by atoms with Crippen LogP contribution in [-0.4, -0.2) is 9.97 Å². The lowest BCUT2D eigenvalue weighted by molar-refractivity contribution is 1.18. The molecular formula is C48H30N2S. The number of aromatic nitrogens is 2. The quantitative estimate of drug-likeness (QED) is 0.135. The molecule has 0 aliphatic carbocycles. The Morgan fingerprint density at radius 3 is 1.82 bits per heavy atom. The van der Waals surface area contributed by atoms with E-state index in [2.05, 4.69) is 176 Å². The molecule has 0 N–H and O–H groups in total. The Hall–Kier alpha value is -6.42. The Balaban J connectivity index is 1.13. The summed E-state index contributed by atoms with van der Waals surface area (Å²) in [5.41, 5.74) is 8.53. The summed E-state index contributed by atoms with van der Waals surface area (Å²) in [5, 5.41) is 8.79. The molecule has 0 saturated heterocycles. The van der Waals surface area contributed by atoms with Gasteiger partial charge in [-0.2, -0.15) is 0 Å². The number of hydrogen-bond acceptors (Lipinski definition) is 3. The standard InChI is InChI=1S/C48H30N2S/c1-2-13-32(14-3-1)43-30-44(39-19-9-10-20-40(39)46-29-36-16-6-11-21-45(36)51-46)50-48(49-43)34-24-22-33(23-25-34)47-38-18-8-5-15-35(38)28-42-37-17-7-4-12-31(37)26-27-41(42)47/h1-30H. The van der Waals surface area contributed by atoms with Crippen LogP contribution in [0.5, 0.6) is 0 Å². The third-order valence-corrected chi connectivity index (χ3v) is 11.0. The fraction of sp³-hybridized carbons (Fsp3) is 0. The van der Waals surface area contributed by atoms with Crippen molar-refractivity contribution in [1.82, 2.24) is 9.97 Å². The van der Waals surface area contributed by atoms with Gasteiger partial charge in [0, 0.05) is 31.8 Å². The fourth-order valence-electron chi connectivity index (χ4n) is 7.42. The summed E-state index contributed by atoms with van der Waals surface area (Å²) in [7, 11) is 0. The minimum atomic E-state index is 0.706. The summed E-state index contributed by atoms with van der Waals surface area (Å²) in [5.74, 6) is 0.706. The number of benzene rings is 8. The topological polar surface area (TPSA) is 25.8 Å². The van der Waals surface area contributed by atoms with Crippen LogP contribution in [0, 0.1) is 0 Å². The minimum absolute atomic E-state index is 0.706. The van der Waals surface area contributed by atoms with Crippen LogP contribution in [0.1, 0.15) is 0 Å². The maximum Gasteiger partial charge on any atom is 0.160 e. The van der Waals surface area contributed by atoms with Gasteiger partial charge in [0.25, 0.3) is 0 Å². The third-order valence-electron chi connectivity index (χ3n) is 9.89. The van der Waals surface area contributed by atoms with Crippen molar-refractivity contribution < 1.29 is 0 Å². The molecule has 0 aliphatic rings. The molecule has 51 heavy (non-hydrogen) atoms. The predicted octanol–water partition coefficient (Wildman–Crippen LogP) is 13.5. The van der Waals surface area contributed by atoms with E-state index < -0.39 is 0 Å². The molecule has 3 heteroatoms. The van der Waals surface area contributed by atoms with Gasteiger partial charge in [-0.05, 0) is 73.1 Å².